The Kier molecular flexibility index (Phi) is 0.923. The summed E-state index contributed by atoms with van der Waals surface area (Å²) in [5.74, 6) is 2.23. The molecule has 6 atom stereocenters. The number of hydrogen-bond donors (Lipinski definition) is 1. The summed E-state index contributed by atoms with van der Waals surface area (Å²) in [6, 6.07) is 0. The van der Waals surface area contributed by atoms with E-state index in [0.717, 1.165) is 12.8 Å². The molecule has 0 amide bonds. The van der Waals surface area contributed by atoms with Crippen molar-refractivity contribution in [2.24, 2.45) is 23.7 Å². The van der Waals surface area contributed by atoms with Crippen LogP contribution in [0.3, 0.4) is 0 Å². The summed E-state index contributed by atoms with van der Waals surface area (Å²) in [5, 5.41) is 9.71. The van der Waals surface area contributed by atoms with E-state index in [1.54, 1.807) is 0 Å². The molecule has 3 aliphatic carbocycles. The zero-order valence-electron chi connectivity index (χ0n) is 7.48. The molecular formula is C10H14O. The van der Waals surface area contributed by atoms with E-state index in [0.29, 0.717) is 23.7 Å². The summed E-state index contributed by atoms with van der Waals surface area (Å²) in [6.07, 6.45) is 6.25. The molecule has 0 heterocycles. The molecule has 0 unspecified atom stereocenters. The van der Waals surface area contributed by atoms with Gasteiger partial charge in [-0.05, 0) is 42.9 Å². The molecular weight excluding hydrogens is 136 g/mol. The predicted octanol–water partition coefficient (Wildman–Crippen LogP) is 1.58. The lowest BCUT2D eigenvalue weighted by atomic mass is 9.80. The van der Waals surface area contributed by atoms with Gasteiger partial charge >= 0.3 is 0 Å². The van der Waals surface area contributed by atoms with Gasteiger partial charge in [0.15, 0.2) is 0 Å². The maximum atomic E-state index is 9.71. The highest BCUT2D eigenvalue weighted by Crippen LogP contribution is 2.56. The lowest BCUT2D eigenvalue weighted by molar-refractivity contribution is 0.0746. The van der Waals surface area contributed by atoms with Gasteiger partial charge in [-0.1, -0.05) is 12.2 Å². The van der Waals surface area contributed by atoms with Crippen molar-refractivity contribution < 1.29 is 6.48 Å². The summed E-state index contributed by atoms with van der Waals surface area (Å²) >= 11 is 0. The van der Waals surface area contributed by atoms with Crippen molar-refractivity contribution in [2.45, 2.75) is 25.3 Å². The van der Waals surface area contributed by atoms with Gasteiger partial charge in [0.2, 0.25) is 0 Å². The Morgan fingerprint density at radius 2 is 2.36 bits per heavy atom. The van der Waals surface area contributed by atoms with E-state index in [1.165, 1.54) is 0 Å². The molecule has 0 saturated heterocycles. The van der Waals surface area contributed by atoms with E-state index in [2.05, 4.69) is 12.2 Å². The van der Waals surface area contributed by atoms with Crippen LogP contribution in [-0.2, 0) is 0 Å². The maximum Gasteiger partial charge on any atom is 0.0577 e. The molecule has 0 aliphatic heterocycles. The fourth-order valence-electron chi connectivity index (χ4n) is 3.24. The first kappa shape index (κ1) is 5.36. The molecule has 1 N–H and O–H groups in total. The van der Waals surface area contributed by atoms with Crippen molar-refractivity contribution in [3.63, 3.8) is 0 Å². The van der Waals surface area contributed by atoms with Gasteiger partial charge in [-0.3, -0.25) is 0 Å². The third-order valence-electron chi connectivity index (χ3n) is 3.73. The number of hydrogen-bond acceptors (Lipinski definition) is 1. The van der Waals surface area contributed by atoms with Crippen LogP contribution in [0.4, 0.5) is 0 Å². The normalized spacial score (nSPS) is 66.8. The van der Waals surface area contributed by atoms with Crippen LogP contribution in [0.15, 0.2) is 12.2 Å². The standard InChI is InChI=1S/C10H14O/c11-10-5-6-4-9(10)8-3-1-2-7(6)8/h1,3,6-11H,2,4-5H2/t6-,7+,8+,9-,10+/m0/s1/i5D/t5-,6+,7-,8-,9+,10-/m1. The molecule has 0 aromatic heterocycles. The molecule has 2 saturated carbocycles. The molecule has 1 nitrogen and oxygen atoms in total. The summed E-state index contributed by atoms with van der Waals surface area (Å²) < 4.78 is 7.80. The molecule has 2 fully saturated rings. The average molecular weight is 151 g/mol. The molecule has 11 heavy (non-hydrogen) atoms. The fourth-order valence-corrected chi connectivity index (χ4v) is 3.24. The Hall–Kier alpha value is -0.300. The Labute approximate surface area is 68.5 Å². The van der Waals surface area contributed by atoms with Crippen molar-refractivity contribution in [3.8, 4) is 0 Å². The highest BCUT2D eigenvalue weighted by Gasteiger charge is 2.51. The van der Waals surface area contributed by atoms with Crippen molar-refractivity contribution in [2.75, 3.05) is 0 Å². The first-order chi connectivity index (χ1) is 5.79. The number of rotatable bonds is 0. The van der Waals surface area contributed by atoms with Gasteiger partial charge in [-0.25, -0.2) is 0 Å². The minimum Gasteiger partial charge on any atom is -0.393 e. The number of aliphatic hydroxyl groups is 1. The zero-order chi connectivity index (χ0) is 8.29. The van der Waals surface area contributed by atoms with E-state index >= 15 is 0 Å². The van der Waals surface area contributed by atoms with Crippen LogP contribution in [0, 0.1) is 23.7 Å². The van der Waals surface area contributed by atoms with Crippen LogP contribution in [0.25, 0.3) is 0 Å². The largest absolute Gasteiger partial charge is 0.393 e. The quantitative estimate of drug-likeness (QED) is 0.521. The van der Waals surface area contributed by atoms with E-state index in [4.69, 9.17) is 1.37 Å². The fraction of sp³-hybridized carbons (Fsp3) is 0.800. The van der Waals surface area contributed by atoms with Gasteiger partial charge in [0.1, 0.15) is 0 Å². The van der Waals surface area contributed by atoms with Crippen molar-refractivity contribution >= 4 is 0 Å². The number of aliphatic hydroxyl groups excluding tert-OH is 1. The lowest BCUT2D eigenvalue weighted by Crippen LogP contribution is -2.27. The van der Waals surface area contributed by atoms with Gasteiger partial charge in [-0.15, -0.1) is 0 Å². The highest BCUT2D eigenvalue weighted by atomic mass is 16.3. The molecule has 2 bridgehead atoms. The van der Waals surface area contributed by atoms with Crippen LogP contribution in [0.5, 0.6) is 0 Å². The summed E-state index contributed by atoms with van der Waals surface area (Å²) in [5.41, 5.74) is 0. The number of fused-ring (bicyclic) bond motifs is 5. The Bertz CT molecular complexity index is 238. The molecule has 1 heteroatoms. The third-order valence-corrected chi connectivity index (χ3v) is 3.73. The SMILES string of the molecule is [2H][C@H]1[C@@H](O)[C@H]2C[C@@H]1[C@H]1CC=C[C@@H]21. The first-order valence-electron chi connectivity index (χ1n) is 5.14. The van der Waals surface area contributed by atoms with Gasteiger partial charge < -0.3 is 5.11 Å². The molecule has 0 spiro atoms. The Morgan fingerprint density at radius 3 is 3.27 bits per heavy atom. The van der Waals surface area contributed by atoms with E-state index in [-0.39, 0.29) is 12.5 Å². The Balaban J connectivity index is 1.95. The predicted molar refractivity (Wildman–Crippen MR) is 43.0 cm³/mol. The molecule has 3 rings (SSSR count). The van der Waals surface area contributed by atoms with E-state index in [9.17, 15) is 5.11 Å². The Morgan fingerprint density at radius 1 is 1.45 bits per heavy atom. The summed E-state index contributed by atoms with van der Waals surface area (Å²) in [4.78, 5) is 0. The minimum atomic E-state index is -0.334. The van der Waals surface area contributed by atoms with Crippen molar-refractivity contribution in [1.82, 2.24) is 0 Å². The molecule has 0 radical (unpaired) electrons. The molecule has 0 aromatic rings. The van der Waals surface area contributed by atoms with Crippen LogP contribution in [0.1, 0.15) is 20.6 Å². The van der Waals surface area contributed by atoms with Gasteiger partial charge in [0, 0.05) is 1.37 Å². The van der Waals surface area contributed by atoms with Gasteiger partial charge in [0.25, 0.3) is 0 Å². The number of allylic oxidation sites excluding steroid dienone is 2. The topological polar surface area (TPSA) is 20.2 Å². The second-order valence-corrected chi connectivity index (χ2v) is 4.15. The summed E-state index contributed by atoms with van der Waals surface area (Å²) in [7, 11) is 0. The summed E-state index contributed by atoms with van der Waals surface area (Å²) in [6.45, 7) is 0. The molecule has 3 aliphatic rings. The highest BCUT2D eigenvalue weighted by molar-refractivity contribution is 5.14. The van der Waals surface area contributed by atoms with Crippen LogP contribution in [-0.4, -0.2) is 11.2 Å². The monoisotopic (exact) mass is 151 g/mol. The van der Waals surface area contributed by atoms with Crippen molar-refractivity contribution in [1.29, 1.82) is 0 Å². The smallest absolute Gasteiger partial charge is 0.0577 e. The zero-order valence-corrected chi connectivity index (χ0v) is 6.48. The maximum absolute atomic E-state index is 9.71. The molecule has 60 valence electrons. The lowest BCUT2D eigenvalue weighted by Gasteiger charge is -2.27. The second kappa shape index (κ2) is 1.89. The van der Waals surface area contributed by atoms with Crippen LogP contribution in [0.2, 0.25) is 0 Å². The van der Waals surface area contributed by atoms with E-state index < -0.39 is 0 Å². The molecule has 0 aromatic carbocycles. The van der Waals surface area contributed by atoms with Gasteiger partial charge in [0.05, 0.1) is 6.10 Å². The van der Waals surface area contributed by atoms with E-state index in [1.807, 2.05) is 0 Å². The average Bonchev–Trinajstić information content (AvgIpc) is 2.63. The first-order valence-corrected chi connectivity index (χ1v) is 4.56. The third kappa shape index (κ3) is 0.652. The van der Waals surface area contributed by atoms with Crippen LogP contribution >= 0.6 is 0 Å². The van der Waals surface area contributed by atoms with Crippen molar-refractivity contribution in [3.05, 3.63) is 12.2 Å². The second-order valence-electron chi connectivity index (χ2n) is 4.15. The minimum absolute atomic E-state index is 0.184. The van der Waals surface area contributed by atoms with Gasteiger partial charge in [-0.2, -0.15) is 0 Å². The van der Waals surface area contributed by atoms with Crippen LogP contribution < -0.4 is 0 Å².